The highest BCUT2D eigenvalue weighted by molar-refractivity contribution is 7.99. The zero-order chi connectivity index (χ0) is 13.8. The summed E-state index contributed by atoms with van der Waals surface area (Å²) in [4.78, 5) is 26.3. The lowest BCUT2D eigenvalue weighted by atomic mass is 9.92. The van der Waals surface area contributed by atoms with Crippen LogP contribution in [0.3, 0.4) is 0 Å². The Morgan fingerprint density at radius 1 is 1.56 bits per heavy atom. The average molecular weight is 271 g/mol. The maximum atomic E-state index is 11.7. The molecule has 0 saturated heterocycles. The molecule has 7 heteroatoms. The first kappa shape index (κ1) is 14.6. The maximum absolute atomic E-state index is 11.7. The monoisotopic (exact) mass is 271 g/mol. The van der Waals surface area contributed by atoms with Crippen LogP contribution in [0, 0.1) is 5.41 Å². The van der Waals surface area contributed by atoms with Crippen LogP contribution in [0.1, 0.15) is 13.8 Å². The molecule has 0 aliphatic carbocycles. The van der Waals surface area contributed by atoms with Crippen molar-refractivity contribution in [3.05, 3.63) is 12.4 Å². The van der Waals surface area contributed by atoms with Crippen LogP contribution in [0.25, 0.3) is 0 Å². The van der Waals surface area contributed by atoms with Crippen LogP contribution < -0.4 is 5.32 Å². The molecule has 6 nitrogen and oxygen atoms in total. The summed E-state index contributed by atoms with van der Waals surface area (Å²) < 4.78 is 1.79. The number of thioether (sulfide) groups is 1. The highest BCUT2D eigenvalue weighted by Gasteiger charge is 2.27. The minimum absolute atomic E-state index is 0.0442. The van der Waals surface area contributed by atoms with Gasteiger partial charge in [-0.25, -0.2) is 4.98 Å². The molecule has 0 aliphatic rings. The van der Waals surface area contributed by atoms with Gasteiger partial charge in [-0.1, -0.05) is 11.8 Å². The molecule has 1 aromatic heterocycles. The Kier molecular flexibility index (Phi) is 4.77. The van der Waals surface area contributed by atoms with E-state index in [-0.39, 0.29) is 11.7 Å². The van der Waals surface area contributed by atoms with Crippen molar-refractivity contribution in [3.8, 4) is 0 Å². The Balaban J connectivity index is 2.76. The van der Waals surface area contributed by atoms with E-state index in [0.717, 1.165) is 11.8 Å². The number of rotatable bonds is 6. The Morgan fingerprint density at radius 3 is 2.78 bits per heavy atom. The summed E-state index contributed by atoms with van der Waals surface area (Å²) in [6.45, 7) is 4.11. The Morgan fingerprint density at radius 2 is 2.22 bits per heavy atom. The van der Waals surface area contributed by atoms with E-state index in [2.05, 4.69) is 10.3 Å². The number of nitrogens with one attached hydrogen (secondary N) is 1. The second kappa shape index (κ2) is 5.90. The van der Waals surface area contributed by atoms with E-state index < -0.39 is 11.4 Å². The van der Waals surface area contributed by atoms with Crippen LogP contribution in [0.4, 0.5) is 0 Å². The summed E-state index contributed by atoms with van der Waals surface area (Å²) in [6.07, 6.45) is 3.35. The predicted molar refractivity (Wildman–Crippen MR) is 68.4 cm³/mol. The van der Waals surface area contributed by atoms with Crippen molar-refractivity contribution in [2.75, 3.05) is 12.8 Å². The Bertz CT molecular complexity index is 442. The molecule has 2 N–H and O–H groups in total. The number of hydrogen-bond acceptors (Lipinski definition) is 4. The van der Waals surface area contributed by atoms with Gasteiger partial charge >= 0.3 is 5.97 Å². The predicted octanol–water partition coefficient (Wildman–Crippen LogP) is 0.832. The smallest absolute Gasteiger partial charge is 0.313 e. The van der Waals surface area contributed by atoms with Crippen molar-refractivity contribution in [3.63, 3.8) is 0 Å². The summed E-state index contributed by atoms with van der Waals surface area (Å²) in [5, 5.41) is 11.9. The van der Waals surface area contributed by atoms with Gasteiger partial charge in [0.1, 0.15) is 0 Å². The molecule has 0 aromatic carbocycles. The molecule has 18 heavy (non-hydrogen) atoms. The van der Waals surface area contributed by atoms with Crippen molar-refractivity contribution in [2.24, 2.45) is 5.41 Å². The molecule has 1 heterocycles. The third-order valence-corrected chi connectivity index (χ3v) is 3.40. The van der Waals surface area contributed by atoms with E-state index in [4.69, 9.17) is 5.11 Å². The summed E-state index contributed by atoms with van der Waals surface area (Å²) in [7, 11) is 1.60. The van der Waals surface area contributed by atoms with Gasteiger partial charge in [-0.3, -0.25) is 9.59 Å². The Labute approximate surface area is 110 Å². The Hall–Kier alpha value is -1.50. The summed E-state index contributed by atoms with van der Waals surface area (Å²) in [5.41, 5.74) is -0.575. The highest BCUT2D eigenvalue weighted by Crippen LogP contribution is 2.23. The number of imidazole rings is 1. The minimum atomic E-state index is -0.889. The zero-order valence-corrected chi connectivity index (χ0v) is 11.5. The van der Waals surface area contributed by atoms with Gasteiger partial charge in [-0.2, -0.15) is 0 Å². The first-order chi connectivity index (χ1) is 8.36. The van der Waals surface area contributed by atoms with E-state index >= 15 is 0 Å². The average Bonchev–Trinajstić information content (AvgIpc) is 2.71. The molecule has 0 bridgehead atoms. The van der Waals surface area contributed by atoms with E-state index in [0.29, 0.717) is 11.7 Å². The molecule has 0 atom stereocenters. The van der Waals surface area contributed by atoms with Crippen LogP contribution >= 0.6 is 11.8 Å². The molecule has 0 fully saturated rings. The molecule has 0 unspecified atom stereocenters. The van der Waals surface area contributed by atoms with Gasteiger partial charge in [0.15, 0.2) is 5.16 Å². The van der Waals surface area contributed by atoms with Crippen molar-refractivity contribution >= 4 is 23.6 Å². The third kappa shape index (κ3) is 3.76. The number of hydrogen-bond donors (Lipinski definition) is 2. The first-order valence-corrected chi connectivity index (χ1v) is 6.43. The van der Waals surface area contributed by atoms with E-state index in [1.54, 1.807) is 24.0 Å². The molecule has 1 rings (SSSR count). The number of carbonyl (C=O) groups is 2. The number of carbonyl (C=O) groups excluding carboxylic acids is 1. The van der Waals surface area contributed by atoms with Gasteiger partial charge < -0.3 is 15.0 Å². The second-order valence-corrected chi connectivity index (χ2v) is 5.43. The molecule has 0 radical (unpaired) electrons. The maximum Gasteiger partial charge on any atom is 0.313 e. The standard InChI is InChI=1S/C11H17N3O3S/c1-11(2,9(17)12-3)7-14-5-4-13-10(14)18-6-8(15)16/h4-5H,6-7H2,1-3H3,(H,12,17)(H,15,16). The molecule has 100 valence electrons. The summed E-state index contributed by atoms with van der Waals surface area (Å²) in [5.74, 6) is -0.997. The molecule has 0 aliphatic heterocycles. The van der Waals surface area contributed by atoms with Crippen LogP contribution in [0.5, 0.6) is 0 Å². The van der Waals surface area contributed by atoms with Crippen LogP contribution in [-0.4, -0.2) is 39.3 Å². The zero-order valence-electron chi connectivity index (χ0n) is 10.6. The fourth-order valence-corrected chi connectivity index (χ4v) is 2.20. The molecule has 1 amide bonds. The van der Waals surface area contributed by atoms with Gasteiger partial charge in [0.05, 0.1) is 11.2 Å². The van der Waals surface area contributed by atoms with Crippen molar-refractivity contribution in [2.45, 2.75) is 25.5 Å². The largest absolute Gasteiger partial charge is 0.481 e. The van der Waals surface area contributed by atoms with Gasteiger partial charge in [0.25, 0.3) is 0 Å². The molecule has 0 spiro atoms. The summed E-state index contributed by atoms with van der Waals surface area (Å²) in [6, 6.07) is 0. The molecule has 1 aromatic rings. The van der Waals surface area contributed by atoms with E-state index in [1.807, 2.05) is 13.8 Å². The molecule has 0 saturated carbocycles. The number of carboxylic acid groups (broad SMARTS) is 1. The lowest BCUT2D eigenvalue weighted by molar-refractivity contribution is -0.134. The molecular formula is C11H17N3O3S. The van der Waals surface area contributed by atoms with Gasteiger partial charge in [0.2, 0.25) is 5.91 Å². The molecular weight excluding hydrogens is 254 g/mol. The van der Waals surface area contributed by atoms with Crippen molar-refractivity contribution in [1.82, 2.24) is 14.9 Å². The van der Waals surface area contributed by atoms with Gasteiger partial charge in [-0.15, -0.1) is 0 Å². The van der Waals surface area contributed by atoms with Gasteiger partial charge in [0, 0.05) is 26.0 Å². The number of aliphatic carboxylic acids is 1. The van der Waals surface area contributed by atoms with Crippen molar-refractivity contribution < 1.29 is 14.7 Å². The van der Waals surface area contributed by atoms with Crippen LogP contribution in [0.2, 0.25) is 0 Å². The lowest BCUT2D eigenvalue weighted by Gasteiger charge is -2.23. The van der Waals surface area contributed by atoms with E-state index in [9.17, 15) is 9.59 Å². The minimum Gasteiger partial charge on any atom is -0.481 e. The fourth-order valence-electron chi connectivity index (χ4n) is 1.52. The quantitative estimate of drug-likeness (QED) is 0.749. The van der Waals surface area contributed by atoms with Crippen LogP contribution in [0.15, 0.2) is 17.6 Å². The number of nitrogens with zero attached hydrogens (tertiary/aromatic N) is 2. The highest BCUT2D eigenvalue weighted by atomic mass is 32.2. The lowest BCUT2D eigenvalue weighted by Crippen LogP contribution is -2.37. The third-order valence-electron chi connectivity index (χ3n) is 2.41. The van der Waals surface area contributed by atoms with Gasteiger partial charge in [-0.05, 0) is 13.8 Å². The normalized spacial score (nSPS) is 11.3. The first-order valence-electron chi connectivity index (χ1n) is 5.44. The number of aromatic nitrogens is 2. The SMILES string of the molecule is CNC(=O)C(C)(C)Cn1ccnc1SCC(=O)O. The number of carboxylic acids is 1. The number of amides is 1. The van der Waals surface area contributed by atoms with Crippen molar-refractivity contribution in [1.29, 1.82) is 0 Å². The fraction of sp³-hybridized carbons (Fsp3) is 0.545. The van der Waals surface area contributed by atoms with Crippen LogP contribution in [-0.2, 0) is 16.1 Å². The topological polar surface area (TPSA) is 84.2 Å². The summed E-state index contributed by atoms with van der Waals surface area (Å²) >= 11 is 1.14. The van der Waals surface area contributed by atoms with E-state index in [1.165, 1.54) is 0 Å². The second-order valence-electron chi connectivity index (χ2n) is 4.48.